The Hall–Kier alpha value is -3.18. The van der Waals surface area contributed by atoms with Gasteiger partial charge in [0.15, 0.2) is 0 Å². The first-order valence-corrected chi connectivity index (χ1v) is 21.6. The Morgan fingerprint density at radius 2 is 1.09 bits per heavy atom. The lowest BCUT2D eigenvalue weighted by Gasteiger charge is -2.22. The summed E-state index contributed by atoms with van der Waals surface area (Å²) in [7, 11) is 0. The number of carbonyl (C=O) groups excluding carboxylic acids is 1. The molecule has 15 heteroatoms. The highest BCUT2D eigenvalue weighted by atomic mass is 32.1. The third-order valence-electron chi connectivity index (χ3n) is 11.2. The molecule has 3 aromatic rings. The van der Waals surface area contributed by atoms with Gasteiger partial charge < -0.3 is 40.9 Å². The van der Waals surface area contributed by atoms with Crippen LogP contribution in [0.3, 0.4) is 0 Å². The van der Waals surface area contributed by atoms with Crippen molar-refractivity contribution in [2.75, 3.05) is 52.4 Å². The fraction of sp³-hybridized carbons (Fsp3) is 0.590. The molecular weight excluding hydrogens is 749 g/mol. The Morgan fingerprint density at radius 3 is 1.54 bits per heavy atom. The molecule has 0 saturated carbocycles. The first-order valence-electron chi connectivity index (χ1n) is 19.0. The minimum absolute atomic E-state index is 0.0649. The van der Waals surface area contributed by atoms with E-state index >= 15 is 0 Å². The predicted molar refractivity (Wildman–Crippen MR) is 209 cm³/mol. The SMILES string of the molecule is O=C(O)C(Cc1cc(COCCN(Cc2csc(CC(C(=O)O)C3CCNC3)c2)C(=O)Cc2csc(CC(C(=O)O)C3CCNC3)c2)cs1)C1CCNC1. The first-order chi connectivity index (χ1) is 26.1. The zero-order valence-corrected chi connectivity index (χ0v) is 33.0. The largest absolute Gasteiger partial charge is 0.481 e. The zero-order valence-electron chi connectivity index (χ0n) is 30.5. The lowest BCUT2D eigenvalue weighted by molar-refractivity contribution is -0.144. The molecule has 12 nitrogen and oxygen atoms in total. The average molecular weight is 801 g/mol. The highest BCUT2D eigenvalue weighted by Crippen LogP contribution is 2.30. The molecule has 3 saturated heterocycles. The van der Waals surface area contributed by atoms with Crippen LogP contribution in [0.2, 0.25) is 0 Å². The van der Waals surface area contributed by atoms with Gasteiger partial charge in [0.25, 0.3) is 0 Å². The Balaban J connectivity index is 1.07. The lowest BCUT2D eigenvalue weighted by Crippen LogP contribution is -2.34. The van der Waals surface area contributed by atoms with Gasteiger partial charge in [0, 0.05) is 27.7 Å². The van der Waals surface area contributed by atoms with Crippen LogP contribution in [0.15, 0.2) is 34.3 Å². The molecule has 0 radical (unpaired) electrons. The number of carboxylic acids is 3. The van der Waals surface area contributed by atoms with Crippen LogP contribution >= 0.6 is 34.0 Å². The van der Waals surface area contributed by atoms with Crippen LogP contribution in [0, 0.1) is 35.5 Å². The second-order valence-corrected chi connectivity index (χ2v) is 18.0. The minimum atomic E-state index is -0.782. The van der Waals surface area contributed by atoms with Gasteiger partial charge in [-0.2, -0.15) is 0 Å². The quantitative estimate of drug-likeness (QED) is 0.0851. The molecule has 3 aliphatic rings. The number of ether oxygens (including phenoxy) is 1. The number of rotatable bonds is 21. The lowest BCUT2D eigenvalue weighted by atomic mass is 9.88. The van der Waals surface area contributed by atoms with Crippen molar-refractivity contribution >= 4 is 57.8 Å². The van der Waals surface area contributed by atoms with Crippen LogP contribution < -0.4 is 16.0 Å². The number of nitrogens with one attached hydrogen (secondary N) is 3. The van der Waals surface area contributed by atoms with Crippen molar-refractivity contribution in [3.63, 3.8) is 0 Å². The maximum atomic E-state index is 13.9. The van der Waals surface area contributed by atoms with Crippen LogP contribution in [0.25, 0.3) is 0 Å². The number of thiophene rings is 3. The van der Waals surface area contributed by atoms with E-state index in [1.807, 2.05) is 34.3 Å². The summed E-state index contributed by atoms with van der Waals surface area (Å²) in [6, 6.07) is 6.02. The number of carbonyl (C=O) groups is 4. The third kappa shape index (κ3) is 11.2. The van der Waals surface area contributed by atoms with E-state index in [0.29, 0.717) is 58.7 Å². The Bertz CT molecular complexity index is 1710. The summed E-state index contributed by atoms with van der Waals surface area (Å²) in [6.07, 6.45) is 4.16. The van der Waals surface area contributed by atoms with Gasteiger partial charge >= 0.3 is 17.9 Å². The number of carboxylic acid groups (broad SMARTS) is 3. The third-order valence-corrected chi connectivity index (χ3v) is 14.2. The molecule has 6 heterocycles. The summed E-state index contributed by atoms with van der Waals surface area (Å²) >= 11 is 4.59. The summed E-state index contributed by atoms with van der Waals surface area (Å²) in [4.78, 5) is 54.9. The molecule has 6 unspecified atom stereocenters. The summed E-state index contributed by atoms with van der Waals surface area (Å²) in [5, 5.41) is 45.5. The van der Waals surface area contributed by atoms with Gasteiger partial charge in [-0.05, 0) is 147 Å². The molecule has 0 aromatic carbocycles. The van der Waals surface area contributed by atoms with E-state index in [9.17, 15) is 34.5 Å². The van der Waals surface area contributed by atoms with Gasteiger partial charge in [-0.25, -0.2) is 0 Å². The number of amides is 1. The van der Waals surface area contributed by atoms with Crippen LogP contribution in [0.4, 0.5) is 0 Å². The molecule has 54 heavy (non-hydrogen) atoms. The van der Waals surface area contributed by atoms with Gasteiger partial charge in [0.05, 0.1) is 37.4 Å². The van der Waals surface area contributed by atoms with Gasteiger partial charge in [-0.15, -0.1) is 34.0 Å². The average Bonchev–Trinajstić information content (AvgIpc) is 3.99. The molecule has 6 N–H and O–H groups in total. The molecule has 1 amide bonds. The molecule has 0 bridgehead atoms. The second kappa shape index (κ2) is 19.6. The minimum Gasteiger partial charge on any atom is -0.481 e. The Morgan fingerprint density at radius 1 is 0.667 bits per heavy atom. The van der Waals surface area contributed by atoms with Crippen molar-refractivity contribution in [3.05, 3.63) is 65.7 Å². The van der Waals surface area contributed by atoms with Crippen molar-refractivity contribution in [1.82, 2.24) is 20.9 Å². The Labute approximate surface area is 328 Å². The number of hydrogen-bond donors (Lipinski definition) is 6. The molecular formula is C39H52N4O8S3. The second-order valence-electron chi connectivity index (χ2n) is 15.0. The monoisotopic (exact) mass is 800 g/mol. The van der Waals surface area contributed by atoms with E-state index in [1.165, 1.54) is 22.7 Å². The van der Waals surface area contributed by atoms with E-state index < -0.39 is 35.7 Å². The topological polar surface area (TPSA) is 178 Å². The zero-order chi connectivity index (χ0) is 38.0. The summed E-state index contributed by atoms with van der Waals surface area (Å²) in [5.74, 6) is -3.38. The van der Waals surface area contributed by atoms with Crippen molar-refractivity contribution in [2.45, 2.75) is 58.1 Å². The molecule has 3 aromatic heterocycles. The van der Waals surface area contributed by atoms with Crippen LogP contribution in [0.1, 0.15) is 50.6 Å². The first kappa shape index (κ1) is 40.5. The van der Waals surface area contributed by atoms with E-state index in [0.717, 1.165) is 76.8 Å². The normalized spacial score (nSPS) is 21.6. The number of aliphatic carboxylic acids is 3. The molecule has 0 aliphatic carbocycles. The molecule has 0 spiro atoms. The van der Waals surface area contributed by atoms with Gasteiger partial charge in [0.1, 0.15) is 0 Å². The maximum absolute atomic E-state index is 13.9. The van der Waals surface area contributed by atoms with Crippen LogP contribution in [0.5, 0.6) is 0 Å². The number of hydrogen-bond acceptors (Lipinski definition) is 11. The maximum Gasteiger partial charge on any atom is 0.307 e. The van der Waals surface area contributed by atoms with Crippen molar-refractivity contribution in [2.24, 2.45) is 35.5 Å². The molecule has 294 valence electrons. The van der Waals surface area contributed by atoms with E-state index in [1.54, 1.807) is 16.2 Å². The van der Waals surface area contributed by atoms with Crippen molar-refractivity contribution < 1.29 is 39.2 Å². The summed E-state index contributed by atoms with van der Waals surface area (Å²) in [5.41, 5.74) is 2.79. The summed E-state index contributed by atoms with van der Waals surface area (Å²) in [6.45, 7) is 6.06. The fourth-order valence-electron chi connectivity index (χ4n) is 8.09. The van der Waals surface area contributed by atoms with Crippen LogP contribution in [-0.2, 0) is 62.7 Å². The van der Waals surface area contributed by atoms with Gasteiger partial charge in [0.2, 0.25) is 5.91 Å². The smallest absolute Gasteiger partial charge is 0.307 e. The van der Waals surface area contributed by atoms with E-state index in [2.05, 4.69) is 16.0 Å². The summed E-state index contributed by atoms with van der Waals surface area (Å²) < 4.78 is 6.07. The van der Waals surface area contributed by atoms with E-state index in [4.69, 9.17) is 4.74 Å². The molecule has 3 fully saturated rings. The Kier molecular flexibility index (Phi) is 14.7. The number of nitrogens with zero attached hydrogens (tertiary/aromatic N) is 1. The van der Waals surface area contributed by atoms with Crippen molar-refractivity contribution in [3.8, 4) is 0 Å². The van der Waals surface area contributed by atoms with Gasteiger partial charge in [-0.1, -0.05) is 0 Å². The highest BCUT2D eigenvalue weighted by molar-refractivity contribution is 7.10. The molecule has 3 aliphatic heterocycles. The fourth-order valence-corrected chi connectivity index (χ4v) is 10.9. The predicted octanol–water partition coefficient (Wildman–Crippen LogP) is 4.22. The standard InChI is InChI=1S/C39H52N4O8S3/c44-36(12-24-9-30(52-21-24)13-33(37(45)46)27-1-4-40-16-27)43(19-25-10-31(53-22-25)14-34(38(47)48)28-2-5-41-17-28)7-8-51-20-26-11-32(54-23-26)15-35(39(49)50)29-3-6-42-18-29/h9-11,21-23,27-29,33-35,40-42H,1-8,12-20H2,(H,45,46)(H,47,48)(H,49,50). The van der Waals surface area contributed by atoms with Crippen LogP contribution in [-0.4, -0.2) is 96.5 Å². The van der Waals surface area contributed by atoms with E-state index in [-0.39, 0.29) is 30.1 Å². The van der Waals surface area contributed by atoms with Crippen molar-refractivity contribution in [1.29, 1.82) is 0 Å². The van der Waals surface area contributed by atoms with Gasteiger partial charge in [-0.3, -0.25) is 19.2 Å². The molecule has 6 atom stereocenters. The highest BCUT2D eigenvalue weighted by Gasteiger charge is 2.33. The molecule has 6 rings (SSSR count).